The van der Waals surface area contributed by atoms with E-state index in [-0.39, 0.29) is 11.7 Å². The van der Waals surface area contributed by atoms with Gasteiger partial charge in [-0.1, -0.05) is 12.2 Å². The Labute approximate surface area is 71.0 Å². The molecule has 0 aromatic heterocycles. The van der Waals surface area contributed by atoms with Gasteiger partial charge in [0.25, 0.3) is 0 Å². The summed E-state index contributed by atoms with van der Waals surface area (Å²) in [5.74, 6) is 0.0470. The lowest BCUT2D eigenvalue weighted by atomic mass is 9.95. The molecule has 0 heterocycles. The minimum atomic E-state index is -0.138. The van der Waals surface area contributed by atoms with Crippen LogP contribution in [0.4, 0.5) is 0 Å². The van der Waals surface area contributed by atoms with Crippen molar-refractivity contribution in [1.82, 2.24) is 0 Å². The Morgan fingerprint density at radius 2 is 2.33 bits per heavy atom. The van der Waals surface area contributed by atoms with Crippen LogP contribution in [0, 0.1) is 5.92 Å². The zero-order valence-electron chi connectivity index (χ0n) is 6.67. The van der Waals surface area contributed by atoms with Crippen LogP contribution in [0.3, 0.4) is 0 Å². The molecule has 0 bridgehead atoms. The van der Waals surface area contributed by atoms with Gasteiger partial charge in [-0.25, -0.2) is 0 Å². The molecule has 12 heavy (non-hydrogen) atoms. The minimum absolute atomic E-state index is 0.138. The van der Waals surface area contributed by atoms with Crippen LogP contribution in [0.5, 0.6) is 0 Å². The highest BCUT2D eigenvalue weighted by Crippen LogP contribution is 2.34. The topological polar surface area (TPSA) is 34.1 Å². The third-order valence-corrected chi connectivity index (χ3v) is 2.49. The molecule has 61 valence electrons. The molecule has 1 atom stereocenters. The second-order valence-electron chi connectivity index (χ2n) is 3.17. The highest BCUT2D eigenvalue weighted by atomic mass is 16.1. The van der Waals surface area contributed by atoms with Crippen LogP contribution < -0.4 is 0 Å². The minimum Gasteiger partial charge on any atom is -0.294 e. The van der Waals surface area contributed by atoms with E-state index in [9.17, 15) is 9.59 Å². The van der Waals surface area contributed by atoms with Crippen LogP contribution in [0.2, 0.25) is 0 Å². The zero-order valence-corrected chi connectivity index (χ0v) is 6.67. The SMILES string of the molecule is O=[C]C1CCC2=C1C=CCC2=O. The fraction of sp³-hybridized carbons (Fsp3) is 0.400. The first-order chi connectivity index (χ1) is 5.83. The molecule has 2 aliphatic carbocycles. The second kappa shape index (κ2) is 2.70. The highest BCUT2D eigenvalue weighted by Gasteiger charge is 2.29. The first-order valence-corrected chi connectivity index (χ1v) is 4.13. The molecule has 0 saturated heterocycles. The van der Waals surface area contributed by atoms with Gasteiger partial charge in [-0.05, 0) is 24.0 Å². The van der Waals surface area contributed by atoms with Gasteiger partial charge in [0.05, 0.1) is 5.92 Å². The number of rotatable bonds is 1. The Morgan fingerprint density at radius 1 is 1.50 bits per heavy atom. The number of hydrogen-bond acceptors (Lipinski definition) is 2. The standard InChI is InChI=1S/C10H9O2/c11-6-7-4-5-9-8(7)2-1-3-10(9)12/h1-2,7H,3-5H2. The molecular weight excluding hydrogens is 152 g/mol. The predicted octanol–water partition coefficient (Wildman–Crippen LogP) is 1.33. The van der Waals surface area contributed by atoms with Crippen molar-refractivity contribution in [2.45, 2.75) is 19.3 Å². The van der Waals surface area contributed by atoms with Crippen LogP contribution in [-0.4, -0.2) is 12.1 Å². The normalized spacial score (nSPS) is 27.7. The van der Waals surface area contributed by atoms with Gasteiger partial charge < -0.3 is 0 Å². The summed E-state index contributed by atoms with van der Waals surface area (Å²) in [7, 11) is 0. The molecular formula is C10H9O2. The molecule has 0 saturated carbocycles. The summed E-state index contributed by atoms with van der Waals surface area (Å²) in [6, 6.07) is 0. The fourth-order valence-electron chi connectivity index (χ4n) is 1.85. The second-order valence-corrected chi connectivity index (χ2v) is 3.17. The maximum absolute atomic E-state index is 11.3. The van der Waals surface area contributed by atoms with Gasteiger partial charge in [-0.2, -0.15) is 0 Å². The third kappa shape index (κ3) is 0.951. The van der Waals surface area contributed by atoms with Gasteiger partial charge in [-0.15, -0.1) is 0 Å². The summed E-state index contributed by atoms with van der Waals surface area (Å²) in [4.78, 5) is 21.8. The predicted molar refractivity (Wildman–Crippen MR) is 44.2 cm³/mol. The number of carbonyl (C=O) groups is 1. The van der Waals surface area contributed by atoms with E-state index in [1.807, 2.05) is 18.4 Å². The Balaban J connectivity index is 2.39. The van der Waals surface area contributed by atoms with Crippen molar-refractivity contribution >= 4 is 12.1 Å². The molecule has 0 aromatic carbocycles. The van der Waals surface area contributed by atoms with Crippen LogP contribution in [0.1, 0.15) is 19.3 Å². The average molecular weight is 161 g/mol. The van der Waals surface area contributed by atoms with Crippen LogP contribution >= 0.6 is 0 Å². The first-order valence-electron chi connectivity index (χ1n) is 4.13. The summed E-state index contributed by atoms with van der Waals surface area (Å²) < 4.78 is 0. The zero-order chi connectivity index (χ0) is 8.55. The van der Waals surface area contributed by atoms with Crippen molar-refractivity contribution < 1.29 is 9.59 Å². The summed E-state index contributed by atoms with van der Waals surface area (Å²) >= 11 is 0. The van der Waals surface area contributed by atoms with Gasteiger partial charge in [0, 0.05) is 6.42 Å². The molecule has 0 fully saturated rings. The highest BCUT2D eigenvalue weighted by molar-refractivity contribution is 6.00. The molecule has 1 unspecified atom stereocenters. The van der Waals surface area contributed by atoms with Crippen molar-refractivity contribution in [3.05, 3.63) is 23.3 Å². The lowest BCUT2D eigenvalue weighted by Crippen LogP contribution is -2.06. The summed E-state index contributed by atoms with van der Waals surface area (Å²) in [6.45, 7) is 0. The molecule has 0 N–H and O–H groups in total. The van der Waals surface area contributed by atoms with E-state index in [0.717, 1.165) is 24.0 Å². The monoisotopic (exact) mass is 161 g/mol. The Bertz CT molecular complexity index is 297. The fourth-order valence-corrected chi connectivity index (χ4v) is 1.85. The van der Waals surface area contributed by atoms with E-state index in [1.165, 1.54) is 0 Å². The van der Waals surface area contributed by atoms with Crippen LogP contribution in [0.25, 0.3) is 0 Å². The number of Topliss-reactive ketones (excluding diaryl/α,β-unsaturated/α-hetero) is 1. The average Bonchev–Trinajstić information content (AvgIpc) is 2.49. The molecule has 0 aromatic rings. The number of ketones is 1. The van der Waals surface area contributed by atoms with E-state index in [0.29, 0.717) is 6.42 Å². The van der Waals surface area contributed by atoms with Crippen molar-refractivity contribution in [3.63, 3.8) is 0 Å². The summed E-state index contributed by atoms with van der Waals surface area (Å²) in [5, 5.41) is 0. The van der Waals surface area contributed by atoms with Crippen LogP contribution in [-0.2, 0) is 9.59 Å². The van der Waals surface area contributed by atoms with E-state index in [1.54, 1.807) is 0 Å². The van der Waals surface area contributed by atoms with Crippen LogP contribution in [0.15, 0.2) is 23.3 Å². The molecule has 2 nitrogen and oxygen atoms in total. The Hall–Kier alpha value is -1.18. The Kier molecular flexibility index (Phi) is 1.68. The molecule has 1 radical (unpaired) electrons. The Morgan fingerprint density at radius 3 is 3.08 bits per heavy atom. The third-order valence-electron chi connectivity index (χ3n) is 2.49. The molecule has 2 heteroatoms. The number of carbonyl (C=O) groups excluding carboxylic acids is 2. The van der Waals surface area contributed by atoms with Crippen molar-refractivity contribution in [2.24, 2.45) is 5.92 Å². The molecule has 2 rings (SSSR count). The largest absolute Gasteiger partial charge is 0.294 e. The number of hydrogen-bond donors (Lipinski definition) is 0. The van der Waals surface area contributed by atoms with E-state index < -0.39 is 0 Å². The smallest absolute Gasteiger partial charge is 0.206 e. The van der Waals surface area contributed by atoms with Gasteiger partial charge in [-0.3, -0.25) is 9.59 Å². The van der Waals surface area contributed by atoms with E-state index in [2.05, 4.69) is 0 Å². The maximum Gasteiger partial charge on any atom is 0.206 e. The quantitative estimate of drug-likeness (QED) is 0.581. The molecule has 0 amide bonds. The van der Waals surface area contributed by atoms with Gasteiger partial charge >= 0.3 is 0 Å². The van der Waals surface area contributed by atoms with E-state index in [4.69, 9.17) is 0 Å². The maximum atomic E-state index is 11.3. The first kappa shape index (κ1) is 7.47. The van der Waals surface area contributed by atoms with Crippen molar-refractivity contribution in [3.8, 4) is 0 Å². The van der Waals surface area contributed by atoms with Gasteiger partial charge in [0.1, 0.15) is 0 Å². The van der Waals surface area contributed by atoms with Gasteiger partial charge in [0.2, 0.25) is 6.29 Å². The van der Waals surface area contributed by atoms with E-state index >= 15 is 0 Å². The molecule has 0 aliphatic heterocycles. The number of allylic oxidation sites excluding steroid dienone is 4. The molecule has 2 aliphatic rings. The van der Waals surface area contributed by atoms with Gasteiger partial charge in [0.15, 0.2) is 5.78 Å². The summed E-state index contributed by atoms with van der Waals surface area (Å²) in [5.41, 5.74) is 1.78. The lowest BCUT2D eigenvalue weighted by molar-refractivity contribution is -0.115. The van der Waals surface area contributed by atoms with Crippen molar-refractivity contribution in [1.29, 1.82) is 0 Å². The molecule has 0 spiro atoms. The van der Waals surface area contributed by atoms with Crippen molar-refractivity contribution in [2.75, 3.05) is 0 Å². The summed E-state index contributed by atoms with van der Waals surface area (Å²) in [6.07, 6.45) is 7.74. The lowest BCUT2D eigenvalue weighted by Gasteiger charge is -2.07.